The highest BCUT2D eigenvalue weighted by Crippen LogP contribution is 2.33. The molecular formula is C34H58N2O3. The third kappa shape index (κ3) is 15.3. The Bertz CT molecular complexity index is 892. The molecule has 222 valence electrons. The lowest BCUT2D eigenvalue weighted by Gasteiger charge is -2.05. The predicted octanol–water partition coefficient (Wildman–Crippen LogP) is 9.84. The molecule has 0 atom stereocenters. The zero-order valence-corrected chi connectivity index (χ0v) is 25.0. The van der Waals surface area contributed by atoms with Gasteiger partial charge in [0.1, 0.15) is 0 Å². The molecule has 0 saturated carbocycles. The number of amides is 1. The fraction of sp³-hybridized carbons (Fsp3) is 0.735. The fourth-order valence-electron chi connectivity index (χ4n) is 5.51. The zero-order valence-electron chi connectivity index (χ0n) is 25.0. The van der Waals surface area contributed by atoms with Crippen molar-refractivity contribution in [2.45, 2.75) is 155 Å². The van der Waals surface area contributed by atoms with Gasteiger partial charge in [-0.3, -0.25) is 4.79 Å². The molecule has 1 aromatic heterocycles. The lowest BCUT2D eigenvalue weighted by molar-refractivity contribution is -0.121. The number of nitrogens with one attached hydrogen (secondary N) is 2. The number of hydrogen-bond acceptors (Lipinski definition) is 3. The highest BCUT2D eigenvalue weighted by atomic mass is 16.3. The van der Waals surface area contributed by atoms with Gasteiger partial charge in [-0.05, 0) is 24.6 Å². The Labute approximate surface area is 238 Å². The van der Waals surface area contributed by atoms with Crippen LogP contribution in [0, 0.1) is 0 Å². The maximum Gasteiger partial charge on any atom is 0.220 e. The quantitative estimate of drug-likeness (QED) is 0.0744. The number of aromatic nitrogens is 1. The number of fused-ring (bicyclic) bond motifs is 1. The monoisotopic (exact) mass is 542 g/mol. The van der Waals surface area contributed by atoms with E-state index in [1.165, 1.54) is 128 Å². The van der Waals surface area contributed by atoms with Gasteiger partial charge in [0.25, 0.3) is 0 Å². The van der Waals surface area contributed by atoms with Crippen LogP contribution in [0.15, 0.2) is 18.2 Å². The van der Waals surface area contributed by atoms with E-state index in [1.807, 2.05) is 6.07 Å². The van der Waals surface area contributed by atoms with Crippen molar-refractivity contribution in [1.29, 1.82) is 0 Å². The third-order valence-electron chi connectivity index (χ3n) is 8.03. The van der Waals surface area contributed by atoms with E-state index >= 15 is 0 Å². The summed E-state index contributed by atoms with van der Waals surface area (Å²) < 4.78 is 0. The first-order chi connectivity index (χ1) is 19.1. The number of rotatable bonds is 25. The number of aromatic amines is 1. The molecule has 5 heteroatoms. The fourth-order valence-corrected chi connectivity index (χ4v) is 5.51. The first-order valence-corrected chi connectivity index (χ1v) is 16.4. The second-order valence-electron chi connectivity index (χ2n) is 11.6. The largest absolute Gasteiger partial charge is 0.504 e. The van der Waals surface area contributed by atoms with Gasteiger partial charge in [0.15, 0.2) is 11.5 Å². The molecule has 5 nitrogen and oxygen atoms in total. The Morgan fingerprint density at radius 1 is 0.692 bits per heavy atom. The maximum atomic E-state index is 12.1. The van der Waals surface area contributed by atoms with Crippen LogP contribution in [0.5, 0.6) is 11.5 Å². The topological polar surface area (TPSA) is 85.3 Å². The van der Waals surface area contributed by atoms with Crippen molar-refractivity contribution < 1.29 is 15.0 Å². The number of aromatic hydroxyl groups is 2. The molecular weight excluding hydrogens is 484 g/mol. The molecule has 0 unspecified atom stereocenters. The van der Waals surface area contributed by atoms with Crippen molar-refractivity contribution in [3.63, 3.8) is 0 Å². The van der Waals surface area contributed by atoms with Gasteiger partial charge in [-0.2, -0.15) is 0 Å². The number of hydrogen-bond donors (Lipinski definition) is 4. The zero-order chi connectivity index (χ0) is 28.0. The van der Waals surface area contributed by atoms with Crippen molar-refractivity contribution in [2.75, 3.05) is 6.54 Å². The Balaban J connectivity index is 1.29. The number of benzene rings is 1. The normalized spacial score (nSPS) is 11.4. The number of carbonyl (C=O) groups is 1. The van der Waals surface area contributed by atoms with Crippen molar-refractivity contribution >= 4 is 16.8 Å². The van der Waals surface area contributed by atoms with Gasteiger partial charge < -0.3 is 20.5 Å². The second-order valence-corrected chi connectivity index (χ2v) is 11.6. The molecule has 1 aromatic carbocycles. The summed E-state index contributed by atoms with van der Waals surface area (Å²) in [4.78, 5) is 15.3. The summed E-state index contributed by atoms with van der Waals surface area (Å²) in [6.45, 7) is 2.86. The lowest BCUT2D eigenvalue weighted by Crippen LogP contribution is -2.25. The minimum absolute atomic E-state index is 0.103. The van der Waals surface area contributed by atoms with E-state index in [2.05, 4.69) is 17.2 Å². The van der Waals surface area contributed by atoms with E-state index in [4.69, 9.17) is 0 Å². The van der Waals surface area contributed by atoms with E-state index < -0.39 is 0 Å². The standard InChI is InChI=1S/C34H58N2O3/c1-2-3-4-5-6-7-8-9-10-11-12-13-14-15-16-17-18-19-20-21-22-23-33(38)35-27-26-29-28-30-31(36-29)24-25-32(37)34(30)39/h24-25,28,36-37,39H,2-23,26-27H2,1H3,(H,35,38). The van der Waals surface area contributed by atoms with Crippen LogP contribution in [0.4, 0.5) is 0 Å². The number of unbranched alkanes of at least 4 members (excludes halogenated alkanes) is 20. The molecule has 0 saturated heterocycles. The summed E-state index contributed by atoms with van der Waals surface area (Å²) >= 11 is 0. The molecule has 39 heavy (non-hydrogen) atoms. The van der Waals surface area contributed by atoms with E-state index in [9.17, 15) is 15.0 Å². The van der Waals surface area contributed by atoms with Crippen LogP contribution < -0.4 is 5.32 Å². The molecule has 2 rings (SSSR count). The van der Waals surface area contributed by atoms with Gasteiger partial charge in [-0.15, -0.1) is 0 Å². The molecule has 0 aliphatic heterocycles. The second kappa shape index (κ2) is 21.6. The van der Waals surface area contributed by atoms with Crippen molar-refractivity contribution in [3.05, 3.63) is 23.9 Å². The van der Waals surface area contributed by atoms with Crippen molar-refractivity contribution in [3.8, 4) is 11.5 Å². The van der Waals surface area contributed by atoms with E-state index in [0.717, 1.165) is 24.1 Å². The molecule has 0 aliphatic carbocycles. The van der Waals surface area contributed by atoms with E-state index in [0.29, 0.717) is 24.8 Å². The lowest BCUT2D eigenvalue weighted by atomic mass is 10.0. The summed E-state index contributed by atoms with van der Waals surface area (Å²) in [6.07, 6.45) is 30.0. The molecule has 1 heterocycles. The first-order valence-electron chi connectivity index (χ1n) is 16.4. The molecule has 1 amide bonds. The summed E-state index contributed by atoms with van der Waals surface area (Å²) in [7, 11) is 0. The van der Waals surface area contributed by atoms with Gasteiger partial charge in [0, 0.05) is 36.0 Å². The number of phenols is 2. The van der Waals surface area contributed by atoms with Gasteiger partial charge >= 0.3 is 0 Å². The molecule has 0 bridgehead atoms. The van der Waals surface area contributed by atoms with Crippen LogP contribution >= 0.6 is 0 Å². The highest BCUT2D eigenvalue weighted by Gasteiger charge is 2.09. The number of H-pyrrole nitrogens is 1. The van der Waals surface area contributed by atoms with Crippen LogP contribution in [-0.2, 0) is 11.2 Å². The Kier molecular flexibility index (Phi) is 18.3. The molecule has 0 aliphatic rings. The van der Waals surface area contributed by atoms with Gasteiger partial charge in [-0.1, -0.05) is 135 Å². The smallest absolute Gasteiger partial charge is 0.220 e. The summed E-state index contributed by atoms with van der Waals surface area (Å²) in [5, 5.41) is 23.2. The molecule has 0 fully saturated rings. The van der Waals surface area contributed by atoms with Crippen molar-refractivity contribution in [2.24, 2.45) is 0 Å². The summed E-state index contributed by atoms with van der Waals surface area (Å²) in [5.74, 6) is -0.107. The van der Waals surface area contributed by atoms with Crippen LogP contribution in [0.2, 0.25) is 0 Å². The van der Waals surface area contributed by atoms with Crippen molar-refractivity contribution in [1.82, 2.24) is 10.3 Å². The molecule has 2 aromatic rings. The first kappa shape index (κ1) is 33.0. The minimum Gasteiger partial charge on any atom is -0.504 e. The van der Waals surface area contributed by atoms with Crippen LogP contribution in [0.3, 0.4) is 0 Å². The molecule has 4 N–H and O–H groups in total. The average molecular weight is 543 g/mol. The Morgan fingerprint density at radius 2 is 1.15 bits per heavy atom. The Morgan fingerprint density at radius 3 is 1.64 bits per heavy atom. The van der Waals surface area contributed by atoms with Gasteiger partial charge in [0.05, 0.1) is 0 Å². The summed E-state index contributed by atoms with van der Waals surface area (Å²) in [6, 6.07) is 5.05. The van der Waals surface area contributed by atoms with Crippen LogP contribution in [-0.4, -0.2) is 27.6 Å². The van der Waals surface area contributed by atoms with Gasteiger partial charge in [-0.25, -0.2) is 0 Å². The SMILES string of the molecule is CCCCCCCCCCCCCCCCCCCCCCCC(=O)NCCc1cc2c(O)c(O)ccc2[nH]1. The summed E-state index contributed by atoms with van der Waals surface area (Å²) in [5.41, 5.74) is 1.71. The van der Waals surface area contributed by atoms with E-state index in [-0.39, 0.29) is 17.4 Å². The van der Waals surface area contributed by atoms with E-state index in [1.54, 1.807) is 6.07 Å². The van der Waals surface area contributed by atoms with Crippen LogP contribution in [0.1, 0.15) is 154 Å². The van der Waals surface area contributed by atoms with Crippen LogP contribution in [0.25, 0.3) is 10.9 Å². The minimum atomic E-state index is -0.119. The highest BCUT2D eigenvalue weighted by molar-refractivity contribution is 5.88. The predicted molar refractivity (Wildman–Crippen MR) is 166 cm³/mol. The molecule has 0 radical (unpaired) electrons. The Hall–Kier alpha value is -2.17. The van der Waals surface area contributed by atoms with Gasteiger partial charge in [0.2, 0.25) is 5.91 Å². The average Bonchev–Trinajstić information content (AvgIpc) is 3.35. The number of carbonyl (C=O) groups excluding carboxylic acids is 1. The molecule has 0 spiro atoms. The number of phenolic OH excluding ortho intramolecular Hbond substituents is 2. The maximum absolute atomic E-state index is 12.1. The third-order valence-corrected chi connectivity index (χ3v) is 8.03.